The fourth-order valence-electron chi connectivity index (χ4n) is 1.76. The van der Waals surface area contributed by atoms with E-state index >= 15 is 0 Å². The van der Waals surface area contributed by atoms with Gasteiger partial charge in [0.15, 0.2) is 0 Å². The lowest BCUT2D eigenvalue weighted by Gasteiger charge is -2.07. The highest BCUT2D eigenvalue weighted by Gasteiger charge is 2.01. The van der Waals surface area contributed by atoms with Crippen LogP contribution in [0.1, 0.15) is 19.4 Å². The van der Waals surface area contributed by atoms with E-state index in [4.69, 9.17) is 0 Å². The number of rotatable bonds is 3. The van der Waals surface area contributed by atoms with E-state index in [1.54, 1.807) is 0 Å². The van der Waals surface area contributed by atoms with Gasteiger partial charge in [0, 0.05) is 23.8 Å². The molecular formula is C13H16N2. The van der Waals surface area contributed by atoms with Crippen LogP contribution < -0.4 is 5.32 Å². The van der Waals surface area contributed by atoms with Crippen molar-refractivity contribution in [3.63, 3.8) is 0 Å². The molecule has 0 atom stereocenters. The van der Waals surface area contributed by atoms with E-state index in [2.05, 4.69) is 42.3 Å². The quantitative estimate of drug-likeness (QED) is 0.822. The zero-order chi connectivity index (χ0) is 10.7. The number of fused-ring (bicyclic) bond motifs is 1. The maximum Gasteiger partial charge on any atom is 0.0725 e. The first kappa shape index (κ1) is 9.97. The summed E-state index contributed by atoms with van der Waals surface area (Å²) >= 11 is 0. The second-order valence-electron chi connectivity index (χ2n) is 3.59. The van der Waals surface area contributed by atoms with Crippen molar-refractivity contribution in [3.8, 4) is 0 Å². The molecule has 78 valence electrons. The number of anilines is 1. The summed E-state index contributed by atoms with van der Waals surface area (Å²) in [7, 11) is 0. The molecule has 2 rings (SSSR count). The standard InChI is InChI=1S/C13H16N2/c1-3-10-5-6-11-12(14-4-2)7-8-15-13(11)9-10/h5-9H,3-4H2,1-2H3,(H,14,15). The van der Waals surface area contributed by atoms with Crippen LogP contribution in [-0.4, -0.2) is 11.5 Å². The maximum atomic E-state index is 4.39. The minimum Gasteiger partial charge on any atom is -0.385 e. The number of hydrogen-bond acceptors (Lipinski definition) is 2. The van der Waals surface area contributed by atoms with Gasteiger partial charge in [0.25, 0.3) is 0 Å². The summed E-state index contributed by atoms with van der Waals surface area (Å²) < 4.78 is 0. The van der Waals surface area contributed by atoms with Crippen molar-refractivity contribution in [2.45, 2.75) is 20.3 Å². The number of hydrogen-bond donors (Lipinski definition) is 1. The first-order valence-corrected chi connectivity index (χ1v) is 5.46. The van der Waals surface area contributed by atoms with Crippen molar-refractivity contribution in [3.05, 3.63) is 36.0 Å². The third kappa shape index (κ3) is 1.94. The Hall–Kier alpha value is -1.57. The molecule has 0 spiro atoms. The third-order valence-electron chi connectivity index (χ3n) is 2.58. The van der Waals surface area contributed by atoms with Gasteiger partial charge in [0.2, 0.25) is 0 Å². The Labute approximate surface area is 90.3 Å². The molecule has 15 heavy (non-hydrogen) atoms. The highest BCUT2D eigenvalue weighted by atomic mass is 14.9. The van der Waals surface area contributed by atoms with Crippen LogP contribution in [0, 0.1) is 0 Å². The second kappa shape index (κ2) is 4.30. The van der Waals surface area contributed by atoms with Crippen LogP contribution >= 0.6 is 0 Å². The van der Waals surface area contributed by atoms with Gasteiger partial charge in [0.05, 0.1) is 5.52 Å². The van der Waals surface area contributed by atoms with Gasteiger partial charge in [0.1, 0.15) is 0 Å². The summed E-state index contributed by atoms with van der Waals surface area (Å²) in [6.07, 6.45) is 2.92. The lowest BCUT2D eigenvalue weighted by atomic mass is 10.1. The van der Waals surface area contributed by atoms with Gasteiger partial charge in [-0.1, -0.05) is 19.1 Å². The molecule has 2 nitrogen and oxygen atoms in total. The molecule has 0 fully saturated rings. The van der Waals surface area contributed by atoms with Crippen molar-refractivity contribution in [1.82, 2.24) is 4.98 Å². The SMILES string of the molecule is CCNc1ccnc2cc(CC)ccc12. The van der Waals surface area contributed by atoms with E-state index in [-0.39, 0.29) is 0 Å². The Morgan fingerprint density at radius 1 is 1.20 bits per heavy atom. The third-order valence-corrected chi connectivity index (χ3v) is 2.58. The highest BCUT2D eigenvalue weighted by molar-refractivity contribution is 5.91. The molecule has 0 aliphatic carbocycles. The molecule has 0 unspecified atom stereocenters. The number of nitrogens with one attached hydrogen (secondary N) is 1. The Bertz CT molecular complexity index is 463. The Kier molecular flexibility index (Phi) is 2.86. The van der Waals surface area contributed by atoms with Gasteiger partial charge in [-0.2, -0.15) is 0 Å². The van der Waals surface area contributed by atoms with E-state index in [0.717, 1.165) is 18.5 Å². The molecule has 0 amide bonds. The topological polar surface area (TPSA) is 24.9 Å². The maximum absolute atomic E-state index is 4.39. The largest absolute Gasteiger partial charge is 0.385 e. The zero-order valence-corrected chi connectivity index (χ0v) is 9.25. The molecule has 1 aromatic heterocycles. The minimum absolute atomic E-state index is 0.939. The van der Waals surface area contributed by atoms with Crippen LogP contribution in [0.5, 0.6) is 0 Å². The van der Waals surface area contributed by atoms with Crippen molar-refractivity contribution in [2.75, 3.05) is 11.9 Å². The van der Waals surface area contributed by atoms with Crippen LogP contribution in [0.4, 0.5) is 5.69 Å². The smallest absolute Gasteiger partial charge is 0.0725 e. The fraction of sp³-hybridized carbons (Fsp3) is 0.308. The molecule has 1 N–H and O–H groups in total. The summed E-state index contributed by atoms with van der Waals surface area (Å²) in [6, 6.07) is 8.51. The van der Waals surface area contributed by atoms with Crippen LogP contribution in [0.25, 0.3) is 10.9 Å². The molecule has 1 aromatic carbocycles. The number of aromatic nitrogens is 1. The van der Waals surface area contributed by atoms with Crippen LogP contribution in [0.3, 0.4) is 0 Å². The van der Waals surface area contributed by atoms with E-state index in [1.807, 2.05) is 12.3 Å². The lowest BCUT2D eigenvalue weighted by molar-refractivity contribution is 1.14. The Morgan fingerprint density at radius 3 is 2.80 bits per heavy atom. The molecule has 1 heterocycles. The number of benzene rings is 1. The normalized spacial score (nSPS) is 10.5. The van der Waals surface area contributed by atoms with E-state index in [0.29, 0.717) is 0 Å². The molecule has 2 aromatic rings. The zero-order valence-electron chi connectivity index (χ0n) is 9.25. The molecule has 0 aliphatic heterocycles. The van der Waals surface area contributed by atoms with Gasteiger partial charge in [-0.05, 0) is 31.0 Å². The number of pyridine rings is 1. The minimum atomic E-state index is 0.939. The van der Waals surface area contributed by atoms with E-state index in [1.165, 1.54) is 16.6 Å². The second-order valence-corrected chi connectivity index (χ2v) is 3.59. The first-order valence-electron chi connectivity index (χ1n) is 5.46. The summed E-state index contributed by atoms with van der Waals surface area (Å²) in [5.74, 6) is 0. The van der Waals surface area contributed by atoms with Crippen LogP contribution in [-0.2, 0) is 6.42 Å². The molecule has 2 heteroatoms. The van der Waals surface area contributed by atoms with Gasteiger partial charge in [-0.25, -0.2) is 0 Å². The average Bonchev–Trinajstić information content (AvgIpc) is 2.29. The summed E-state index contributed by atoms with van der Waals surface area (Å²) in [5.41, 5.74) is 3.58. The van der Waals surface area contributed by atoms with Crippen molar-refractivity contribution in [2.24, 2.45) is 0 Å². The molecule has 0 radical (unpaired) electrons. The number of nitrogens with zero attached hydrogens (tertiary/aromatic N) is 1. The molecule has 0 aliphatic rings. The Balaban J connectivity index is 2.56. The van der Waals surface area contributed by atoms with Crippen molar-refractivity contribution < 1.29 is 0 Å². The van der Waals surface area contributed by atoms with E-state index in [9.17, 15) is 0 Å². The highest BCUT2D eigenvalue weighted by Crippen LogP contribution is 2.22. The van der Waals surface area contributed by atoms with Gasteiger partial charge < -0.3 is 5.32 Å². The fourth-order valence-corrected chi connectivity index (χ4v) is 1.76. The van der Waals surface area contributed by atoms with Gasteiger partial charge >= 0.3 is 0 Å². The summed E-state index contributed by atoms with van der Waals surface area (Å²) in [6.45, 7) is 5.20. The lowest BCUT2D eigenvalue weighted by Crippen LogP contribution is -1.97. The summed E-state index contributed by atoms with van der Waals surface area (Å²) in [4.78, 5) is 4.39. The van der Waals surface area contributed by atoms with Gasteiger partial charge in [-0.3, -0.25) is 4.98 Å². The van der Waals surface area contributed by atoms with Gasteiger partial charge in [-0.15, -0.1) is 0 Å². The molecule has 0 saturated carbocycles. The Morgan fingerprint density at radius 2 is 2.07 bits per heavy atom. The monoisotopic (exact) mass is 200 g/mol. The van der Waals surface area contributed by atoms with Crippen molar-refractivity contribution in [1.29, 1.82) is 0 Å². The van der Waals surface area contributed by atoms with Crippen LogP contribution in [0.15, 0.2) is 30.5 Å². The van der Waals surface area contributed by atoms with Crippen LogP contribution in [0.2, 0.25) is 0 Å². The predicted octanol–water partition coefficient (Wildman–Crippen LogP) is 3.23. The molecule has 0 saturated heterocycles. The molecule has 0 bridgehead atoms. The van der Waals surface area contributed by atoms with Crippen molar-refractivity contribution >= 4 is 16.6 Å². The predicted molar refractivity (Wildman–Crippen MR) is 65.3 cm³/mol. The number of aryl methyl sites for hydroxylation is 1. The first-order chi connectivity index (χ1) is 7.35. The average molecular weight is 200 g/mol. The molecular weight excluding hydrogens is 184 g/mol. The van der Waals surface area contributed by atoms with E-state index < -0.39 is 0 Å². The summed E-state index contributed by atoms with van der Waals surface area (Å²) in [5, 5.41) is 4.55.